The molecular formula is C19H21NO3. The molecule has 0 unspecified atom stereocenters. The molecule has 0 saturated carbocycles. The Labute approximate surface area is 136 Å². The fourth-order valence-electron chi connectivity index (χ4n) is 2.36. The van der Waals surface area contributed by atoms with Gasteiger partial charge in [-0.1, -0.05) is 49.4 Å². The lowest BCUT2D eigenvalue weighted by molar-refractivity contribution is -0.116. The van der Waals surface area contributed by atoms with Gasteiger partial charge in [0.1, 0.15) is 0 Å². The minimum Gasteiger partial charge on any atom is -0.462 e. The summed E-state index contributed by atoms with van der Waals surface area (Å²) in [4.78, 5) is 24.2. The number of carbonyl (C=O) groups excluding carboxylic acids is 2. The zero-order chi connectivity index (χ0) is 16.7. The smallest absolute Gasteiger partial charge is 0.340 e. The summed E-state index contributed by atoms with van der Waals surface area (Å²) in [6.45, 7) is 4.05. The number of rotatable bonds is 6. The Hall–Kier alpha value is -2.62. The minimum atomic E-state index is -0.431. The molecule has 1 amide bonds. The van der Waals surface area contributed by atoms with Crippen molar-refractivity contribution in [3.05, 3.63) is 65.7 Å². The first-order chi connectivity index (χ1) is 11.1. The molecule has 2 rings (SSSR count). The number of nitrogens with one attached hydrogen (secondary N) is 1. The Morgan fingerprint density at radius 1 is 1.04 bits per heavy atom. The van der Waals surface area contributed by atoms with Crippen LogP contribution in [0, 0.1) is 0 Å². The first-order valence-electron chi connectivity index (χ1n) is 7.72. The highest BCUT2D eigenvalue weighted by molar-refractivity contribution is 6.01. The molecule has 2 aromatic rings. The molecule has 0 saturated heterocycles. The molecule has 4 heteroatoms. The van der Waals surface area contributed by atoms with Crippen LogP contribution in [-0.2, 0) is 9.53 Å². The maximum absolute atomic E-state index is 12.3. The largest absolute Gasteiger partial charge is 0.462 e. The van der Waals surface area contributed by atoms with Crippen molar-refractivity contribution in [3.63, 3.8) is 0 Å². The van der Waals surface area contributed by atoms with Gasteiger partial charge in [0.15, 0.2) is 0 Å². The SMILES string of the molecule is CCOC(=O)c1ccccc1NC(=O)C[C@@H](C)c1ccccc1. The Morgan fingerprint density at radius 2 is 1.70 bits per heavy atom. The van der Waals surface area contributed by atoms with Gasteiger partial charge in [-0.25, -0.2) is 4.79 Å². The van der Waals surface area contributed by atoms with E-state index in [4.69, 9.17) is 4.74 Å². The monoisotopic (exact) mass is 311 g/mol. The second kappa shape index (κ2) is 8.13. The van der Waals surface area contributed by atoms with Gasteiger partial charge >= 0.3 is 5.97 Å². The van der Waals surface area contributed by atoms with E-state index in [0.29, 0.717) is 24.3 Å². The molecule has 0 aromatic heterocycles. The predicted octanol–water partition coefficient (Wildman–Crippen LogP) is 4.00. The van der Waals surface area contributed by atoms with E-state index in [2.05, 4.69) is 5.32 Å². The molecule has 2 aromatic carbocycles. The summed E-state index contributed by atoms with van der Waals surface area (Å²) in [6, 6.07) is 16.7. The molecule has 120 valence electrons. The van der Waals surface area contributed by atoms with Crippen molar-refractivity contribution < 1.29 is 14.3 Å². The van der Waals surface area contributed by atoms with Gasteiger partial charge in [-0.3, -0.25) is 4.79 Å². The summed E-state index contributed by atoms with van der Waals surface area (Å²) in [5, 5.41) is 2.81. The molecule has 0 aliphatic rings. The Morgan fingerprint density at radius 3 is 2.39 bits per heavy atom. The van der Waals surface area contributed by atoms with E-state index in [1.807, 2.05) is 37.3 Å². The van der Waals surface area contributed by atoms with E-state index in [1.165, 1.54) is 0 Å². The molecular weight excluding hydrogens is 290 g/mol. The Kier molecular flexibility index (Phi) is 5.92. The number of esters is 1. The lowest BCUT2D eigenvalue weighted by Gasteiger charge is -2.13. The average molecular weight is 311 g/mol. The van der Waals surface area contributed by atoms with Crippen molar-refractivity contribution in [2.24, 2.45) is 0 Å². The maximum Gasteiger partial charge on any atom is 0.340 e. The highest BCUT2D eigenvalue weighted by atomic mass is 16.5. The maximum atomic E-state index is 12.3. The number of ether oxygens (including phenoxy) is 1. The van der Waals surface area contributed by atoms with Crippen LogP contribution in [0.5, 0.6) is 0 Å². The van der Waals surface area contributed by atoms with E-state index >= 15 is 0 Å². The van der Waals surface area contributed by atoms with Crippen molar-refractivity contribution in [1.29, 1.82) is 0 Å². The van der Waals surface area contributed by atoms with E-state index in [9.17, 15) is 9.59 Å². The molecule has 0 bridgehead atoms. The quantitative estimate of drug-likeness (QED) is 0.821. The van der Waals surface area contributed by atoms with Crippen LogP contribution in [0.15, 0.2) is 54.6 Å². The Bertz CT molecular complexity index is 667. The number of benzene rings is 2. The summed E-state index contributed by atoms with van der Waals surface area (Å²) >= 11 is 0. The molecule has 1 N–H and O–H groups in total. The van der Waals surface area contributed by atoms with Gasteiger partial charge in [0.2, 0.25) is 5.91 Å². The van der Waals surface area contributed by atoms with Crippen molar-refractivity contribution in [1.82, 2.24) is 0 Å². The molecule has 0 spiro atoms. The van der Waals surface area contributed by atoms with E-state index in [1.54, 1.807) is 31.2 Å². The lowest BCUT2D eigenvalue weighted by atomic mass is 9.97. The summed E-state index contributed by atoms with van der Waals surface area (Å²) in [7, 11) is 0. The van der Waals surface area contributed by atoms with Crippen molar-refractivity contribution in [2.45, 2.75) is 26.2 Å². The average Bonchev–Trinajstić information content (AvgIpc) is 2.56. The molecule has 0 fully saturated rings. The van der Waals surface area contributed by atoms with Crippen LogP contribution in [0.25, 0.3) is 0 Å². The number of para-hydroxylation sites is 1. The van der Waals surface area contributed by atoms with Gasteiger partial charge in [0, 0.05) is 6.42 Å². The van der Waals surface area contributed by atoms with Crippen LogP contribution in [0.2, 0.25) is 0 Å². The fourth-order valence-corrected chi connectivity index (χ4v) is 2.36. The molecule has 1 atom stereocenters. The second-order valence-electron chi connectivity index (χ2n) is 5.33. The second-order valence-corrected chi connectivity index (χ2v) is 5.33. The number of amides is 1. The molecule has 0 heterocycles. The lowest BCUT2D eigenvalue weighted by Crippen LogP contribution is -2.17. The Balaban J connectivity index is 2.04. The summed E-state index contributed by atoms with van der Waals surface area (Å²) in [5.74, 6) is -0.455. The summed E-state index contributed by atoms with van der Waals surface area (Å²) in [5.41, 5.74) is 1.97. The zero-order valence-corrected chi connectivity index (χ0v) is 13.4. The fraction of sp³-hybridized carbons (Fsp3) is 0.263. The number of carbonyl (C=O) groups is 2. The van der Waals surface area contributed by atoms with E-state index in [-0.39, 0.29) is 11.8 Å². The third-order valence-corrected chi connectivity index (χ3v) is 3.56. The molecule has 0 aliphatic carbocycles. The standard InChI is InChI=1S/C19H21NO3/c1-3-23-19(22)16-11-7-8-12-17(16)20-18(21)13-14(2)15-9-5-4-6-10-15/h4-12,14H,3,13H2,1-2H3,(H,20,21)/t14-/m1/s1. The van der Waals surface area contributed by atoms with Crippen LogP contribution >= 0.6 is 0 Å². The van der Waals surface area contributed by atoms with E-state index in [0.717, 1.165) is 5.56 Å². The topological polar surface area (TPSA) is 55.4 Å². The summed E-state index contributed by atoms with van der Waals surface area (Å²) < 4.78 is 5.01. The summed E-state index contributed by atoms with van der Waals surface area (Å²) in [6.07, 6.45) is 0.348. The van der Waals surface area contributed by atoms with Crippen molar-refractivity contribution in [2.75, 3.05) is 11.9 Å². The van der Waals surface area contributed by atoms with Gasteiger partial charge in [-0.2, -0.15) is 0 Å². The van der Waals surface area contributed by atoms with Crippen LogP contribution in [-0.4, -0.2) is 18.5 Å². The molecule has 0 radical (unpaired) electrons. The number of anilines is 1. The van der Waals surface area contributed by atoms with Gasteiger partial charge in [-0.15, -0.1) is 0 Å². The number of hydrogen-bond donors (Lipinski definition) is 1. The highest BCUT2D eigenvalue weighted by Gasteiger charge is 2.16. The third-order valence-electron chi connectivity index (χ3n) is 3.56. The molecule has 0 aliphatic heterocycles. The van der Waals surface area contributed by atoms with Crippen LogP contribution in [0.3, 0.4) is 0 Å². The normalized spacial score (nSPS) is 11.6. The van der Waals surface area contributed by atoms with Crippen LogP contribution in [0.4, 0.5) is 5.69 Å². The van der Waals surface area contributed by atoms with Gasteiger partial charge < -0.3 is 10.1 Å². The van der Waals surface area contributed by atoms with Crippen molar-refractivity contribution in [3.8, 4) is 0 Å². The van der Waals surface area contributed by atoms with E-state index < -0.39 is 5.97 Å². The van der Waals surface area contributed by atoms with Crippen molar-refractivity contribution >= 4 is 17.6 Å². The number of hydrogen-bond acceptors (Lipinski definition) is 3. The first-order valence-corrected chi connectivity index (χ1v) is 7.72. The van der Waals surface area contributed by atoms with Crippen LogP contribution in [0.1, 0.15) is 42.1 Å². The first kappa shape index (κ1) is 16.7. The van der Waals surface area contributed by atoms with Gasteiger partial charge in [0.25, 0.3) is 0 Å². The third kappa shape index (κ3) is 4.68. The molecule has 23 heavy (non-hydrogen) atoms. The highest BCUT2D eigenvalue weighted by Crippen LogP contribution is 2.21. The predicted molar refractivity (Wildman–Crippen MR) is 90.5 cm³/mol. The minimum absolute atomic E-state index is 0.103. The molecule has 4 nitrogen and oxygen atoms in total. The van der Waals surface area contributed by atoms with Gasteiger partial charge in [-0.05, 0) is 30.5 Å². The zero-order valence-electron chi connectivity index (χ0n) is 13.4. The van der Waals surface area contributed by atoms with Crippen LogP contribution < -0.4 is 5.32 Å². The van der Waals surface area contributed by atoms with Gasteiger partial charge in [0.05, 0.1) is 17.9 Å².